The van der Waals surface area contributed by atoms with Crippen LogP contribution in [0.1, 0.15) is 40.2 Å². The molecule has 2 aromatic rings. The minimum absolute atomic E-state index is 0.0709. The summed E-state index contributed by atoms with van der Waals surface area (Å²) in [5.74, 6) is -0.786. The number of hydrogen-bond donors (Lipinski definition) is 1. The Morgan fingerprint density at radius 2 is 2.04 bits per heavy atom. The first kappa shape index (κ1) is 19.2. The first-order valence-electron chi connectivity index (χ1n) is 9.30. The van der Waals surface area contributed by atoms with Gasteiger partial charge >= 0.3 is 5.97 Å². The third kappa shape index (κ3) is 4.98. The van der Waals surface area contributed by atoms with Crippen LogP contribution in [-0.4, -0.2) is 42.3 Å². The Kier molecular flexibility index (Phi) is 6.29. The quantitative estimate of drug-likeness (QED) is 0.761. The largest absolute Gasteiger partial charge is 0.452 e. The zero-order chi connectivity index (χ0) is 19.2. The number of benzene rings is 1. The van der Waals surface area contributed by atoms with Gasteiger partial charge in [-0.2, -0.15) is 0 Å². The van der Waals surface area contributed by atoms with E-state index in [1.807, 2.05) is 38.1 Å². The van der Waals surface area contributed by atoms with Crippen molar-refractivity contribution in [2.75, 3.05) is 19.8 Å². The Morgan fingerprint density at radius 1 is 1.26 bits per heavy atom. The van der Waals surface area contributed by atoms with Crippen LogP contribution in [0, 0.1) is 13.8 Å². The lowest BCUT2D eigenvalue weighted by atomic mass is 10.2. The van der Waals surface area contributed by atoms with E-state index in [9.17, 15) is 9.59 Å². The molecule has 0 unspecified atom stereocenters. The van der Waals surface area contributed by atoms with Crippen molar-refractivity contribution in [2.24, 2.45) is 0 Å². The Morgan fingerprint density at radius 3 is 2.74 bits per heavy atom. The summed E-state index contributed by atoms with van der Waals surface area (Å²) >= 11 is 0. The fourth-order valence-electron chi connectivity index (χ4n) is 3.31. The van der Waals surface area contributed by atoms with Gasteiger partial charge in [-0.1, -0.05) is 30.3 Å². The highest BCUT2D eigenvalue weighted by Crippen LogP contribution is 2.18. The third-order valence-electron chi connectivity index (χ3n) is 4.86. The molecule has 0 spiro atoms. The molecule has 0 bridgehead atoms. The average Bonchev–Trinajstić information content (AvgIpc) is 3.29. The highest BCUT2D eigenvalue weighted by molar-refractivity contribution is 5.92. The maximum atomic E-state index is 12.4. The van der Waals surface area contributed by atoms with E-state index in [4.69, 9.17) is 9.47 Å². The van der Waals surface area contributed by atoms with E-state index < -0.39 is 5.97 Å². The van der Waals surface area contributed by atoms with E-state index in [1.54, 1.807) is 0 Å². The molecule has 0 radical (unpaired) electrons. The van der Waals surface area contributed by atoms with Gasteiger partial charge in [0.25, 0.3) is 5.91 Å². The third-order valence-corrected chi connectivity index (χ3v) is 4.86. The van der Waals surface area contributed by atoms with E-state index in [1.165, 1.54) is 0 Å². The van der Waals surface area contributed by atoms with Crippen molar-refractivity contribution in [2.45, 2.75) is 39.3 Å². The summed E-state index contributed by atoms with van der Waals surface area (Å²) in [6.07, 6.45) is 2.04. The summed E-state index contributed by atoms with van der Waals surface area (Å²) in [7, 11) is 0. The van der Waals surface area contributed by atoms with Gasteiger partial charge in [-0.15, -0.1) is 0 Å². The van der Waals surface area contributed by atoms with Crippen molar-refractivity contribution < 1.29 is 19.1 Å². The lowest BCUT2D eigenvalue weighted by Gasteiger charge is -2.11. The highest BCUT2D eigenvalue weighted by atomic mass is 16.5. The Balaban J connectivity index is 1.55. The molecule has 1 aliphatic rings. The molecule has 1 fully saturated rings. The summed E-state index contributed by atoms with van der Waals surface area (Å²) in [4.78, 5) is 24.3. The van der Waals surface area contributed by atoms with Crippen LogP contribution in [0.5, 0.6) is 0 Å². The lowest BCUT2D eigenvalue weighted by molar-refractivity contribution is -0.124. The van der Waals surface area contributed by atoms with Crippen LogP contribution < -0.4 is 5.32 Å². The van der Waals surface area contributed by atoms with Crippen molar-refractivity contribution in [3.05, 3.63) is 58.9 Å². The topological polar surface area (TPSA) is 69.6 Å². The number of aryl methyl sites for hydroxylation is 1. The van der Waals surface area contributed by atoms with Crippen LogP contribution in [0.3, 0.4) is 0 Å². The SMILES string of the molecule is Cc1cc(C(=O)OCC(=O)NC[C@H]2CCCO2)c(C)n1Cc1ccccc1. The number of carbonyl (C=O) groups is 2. The molecule has 1 amide bonds. The number of esters is 1. The van der Waals surface area contributed by atoms with Gasteiger partial charge in [-0.3, -0.25) is 4.79 Å². The molecule has 1 aromatic heterocycles. The maximum Gasteiger partial charge on any atom is 0.340 e. The molecule has 1 N–H and O–H groups in total. The van der Waals surface area contributed by atoms with Crippen LogP contribution in [-0.2, 0) is 20.8 Å². The normalized spacial score (nSPS) is 16.3. The number of rotatable bonds is 7. The molecule has 3 rings (SSSR count). The van der Waals surface area contributed by atoms with Gasteiger partial charge in [0.2, 0.25) is 0 Å². The lowest BCUT2D eigenvalue weighted by Crippen LogP contribution is -2.34. The molecule has 144 valence electrons. The number of aromatic nitrogens is 1. The number of ether oxygens (including phenoxy) is 2. The van der Waals surface area contributed by atoms with E-state index in [2.05, 4.69) is 22.0 Å². The second kappa shape index (κ2) is 8.86. The van der Waals surface area contributed by atoms with Gasteiger partial charge in [-0.25, -0.2) is 4.79 Å². The number of carbonyl (C=O) groups excluding carboxylic acids is 2. The standard InChI is InChI=1S/C21H26N2O4/c1-15-11-19(16(2)23(15)13-17-7-4-3-5-8-17)21(25)27-14-20(24)22-12-18-9-6-10-26-18/h3-5,7-8,11,18H,6,9-10,12-14H2,1-2H3,(H,22,24)/t18-/m1/s1. The zero-order valence-corrected chi connectivity index (χ0v) is 15.9. The molecular weight excluding hydrogens is 344 g/mol. The van der Waals surface area contributed by atoms with Gasteiger partial charge < -0.3 is 19.4 Å². The molecule has 1 aromatic carbocycles. The first-order chi connectivity index (χ1) is 13.0. The monoisotopic (exact) mass is 370 g/mol. The minimum Gasteiger partial charge on any atom is -0.452 e. The minimum atomic E-state index is -0.477. The summed E-state index contributed by atoms with van der Waals surface area (Å²) in [5, 5.41) is 2.75. The van der Waals surface area contributed by atoms with Crippen molar-refractivity contribution in [1.29, 1.82) is 0 Å². The van der Waals surface area contributed by atoms with E-state index >= 15 is 0 Å². The first-order valence-corrected chi connectivity index (χ1v) is 9.30. The van der Waals surface area contributed by atoms with Gasteiger partial charge in [0, 0.05) is 31.1 Å². The van der Waals surface area contributed by atoms with Crippen LogP contribution >= 0.6 is 0 Å². The number of nitrogens with one attached hydrogen (secondary N) is 1. The fraction of sp³-hybridized carbons (Fsp3) is 0.429. The Labute approximate surface area is 159 Å². The molecule has 6 nitrogen and oxygen atoms in total. The predicted octanol–water partition coefficient (Wildman–Crippen LogP) is 2.61. The fourth-order valence-corrected chi connectivity index (χ4v) is 3.31. The van der Waals surface area contributed by atoms with Crippen LogP contribution in [0.25, 0.3) is 0 Å². The molecule has 6 heteroatoms. The Bertz CT molecular complexity index is 792. The average molecular weight is 370 g/mol. The van der Waals surface area contributed by atoms with Crippen molar-refractivity contribution in [3.63, 3.8) is 0 Å². The number of nitrogens with zero attached hydrogens (tertiary/aromatic N) is 1. The second-order valence-corrected chi connectivity index (χ2v) is 6.87. The molecule has 1 saturated heterocycles. The molecule has 27 heavy (non-hydrogen) atoms. The smallest absolute Gasteiger partial charge is 0.340 e. The van der Waals surface area contributed by atoms with Crippen LogP contribution in [0.2, 0.25) is 0 Å². The highest BCUT2D eigenvalue weighted by Gasteiger charge is 2.19. The van der Waals surface area contributed by atoms with Crippen molar-refractivity contribution >= 4 is 11.9 Å². The molecule has 1 atom stereocenters. The van der Waals surface area contributed by atoms with Gasteiger partial charge in [0.05, 0.1) is 11.7 Å². The van der Waals surface area contributed by atoms with E-state index in [0.29, 0.717) is 18.7 Å². The van der Waals surface area contributed by atoms with Crippen LogP contribution in [0.15, 0.2) is 36.4 Å². The molecule has 0 aliphatic carbocycles. The predicted molar refractivity (Wildman–Crippen MR) is 102 cm³/mol. The molecular formula is C21H26N2O4. The molecule has 1 aliphatic heterocycles. The van der Waals surface area contributed by atoms with Crippen LogP contribution in [0.4, 0.5) is 0 Å². The summed E-state index contributed by atoms with van der Waals surface area (Å²) < 4.78 is 12.7. The van der Waals surface area contributed by atoms with Crippen molar-refractivity contribution in [3.8, 4) is 0 Å². The molecule has 0 saturated carbocycles. The molecule has 2 heterocycles. The van der Waals surface area contributed by atoms with Gasteiger partial charge in [0.15, 0.2) is 6.61 Å². The second-order valence-electron chi connectivity index (χ2n) is 6.87. The van der Waals surface area contributed by atoms with Gasteiger partial charge in [-0.05, 0) is 38.3 Å². The summed E-state index contributed by atoms with van der Waals surface area (Å²) in [5.41, 5.74) is 3.47. The Hall–Kier alpha value is -2.60. The maximum absolute atomic E-state index is 12.4. The van der Waals surface area contributed by atoms with E-state index in [0.717, 1.165) is 36.4 Å². The summed E-state index contributed by atoms with van der Waals surface area (Å²) in [6.45, 7) is 5.46. The van der Waals surface area contributed by atoms with Crippen molar-refractivity contribution in [1.82, 2.24) is 9.88 Å². The summed E-state index contributed by atoms with van der Waals surface area (Å²) in [6, 6.07) is 11.9. The number of hydrogen-bond acceptors (Lipinski definition) is 4. The van der Waals surface area contributed by atoms with Gasteiger partial charge in [0.1, 0.15) is 0 Å². The number of amides is 1. The van der Waals surface area contributed by atoms with E-state index in [-0.39, 0.29) is 18.6 Å². The zero-order valence-electron chi connectivity index (χ0n) is 15.9.